The smallest absolute Gasteiger partial charge is 0.321 e. The summed E-state index contributed by atoms with van der Waals surface area (Å²) in [6.45, 7) is 6.93. The number of urea groups is 1. The lowest BCUT2D eigenvalue weighted by atomic mass is 10.1. The van der Waals surface area contributed by atoms with E-state index >= 15 is 0 Å². The molecule has 0 aromatic heterocycles. The summed E-state index contributed by atoms with van der Waals surface area (Å²) >= 11 is 0. The molecule has 1 saturated heterocycles. The molecule has 0 radical (unpaired) electrons. The third-order valence-electron chi connectivity index (χ3n) is 3.31. The van der Waals surface area contributed by atoms with Crippen molar-refractivity contribution in [2.75, 3.05) is 33.2 Å². The lowest BCUT2D eigenvalue weighted by Crippen LogP contribution is -2.46. The summed E-state index contributed by atoms with van der Waals surface area (Å²) in [5.74, 6) is 0.286. The van der Waals surface area contributed by atoms with Gasteiger partial charge in [-0.05, 0) is 32.4 Å². The predicted molar refractivity (Wildman–Crippen MR) is 74.9 cm³/mol. The maximum atomic E-state index is 11.7. The maximum absolute atomic E-state index is 11.7. The van der Waals surface area contributed by atoms with Crippen molar-refractivity contribution in [1.82, 2.24) is 20.9 Å². The average Bonchev–Trinajstić information content (AvgIpc) is 2.81. The zero-order valence-corrected chi connectivity index (χ0v) is 12.2. The van der Waals surface area contributed by atoms with Gasteiger partial charge in [0.25, 0.3) is 0 Å². The molecule has 0 saturated carbocycles. The molecule has 1 fully saturated rings. The van der Waals surface area contributed by atoms with Crippen LogP contribution >= 0.6 is 0 Å². The number of carbonyl (C=O) groups excluding carboxylic acids is 2. The standard InChI is InChI=1S/C13H26N4O2/c1-10(2)4-7-15-13(19)16-12(18)9-17(3)11-5-6-14-8-11/h10-11,14H,4-9H2,1-3H3,(H2,15,16,18,19). The zero-order valence-electron chi connectivity index (χ0n) is 12.2. The summed E-state index contributed by atoms with van der Waals surface area (Å²) in [7, 11) is 1.91. The van der Waals surface area contributed by atoms with E-state index in [1.165, 1.54) is 0 Å². The highest BCUT2D eigenvalue weighted by molar-refractivity contribution is 5.95. The van der Waals surface area contributed by atoms with Crippen LogP contribution in [0.15, 0.2) is 0 Å². The Hall–Kier alpha value is -1.14. The third-order valence-corrected chi connectivity index (χ3v) is 3.31. The van der Waals surface area contributed by atoms with Gasteiger partial charge in [-0.25, -0.2) is 4.79 Å². The van der Waals surface area contributed by atoms with Gasteiger partial charge in [-0.2, -0.15) is 0 Å². The van der Waals surface area contributed by atoms with Gasteiger partial charge in [0.2, 0.25) is 5.91 Å². The van der Waals surface area contributed by atoms with E-state index < -0.39 is 6.03 Å². The normalized spacial score (nSPS) is 18.9. The summed E-state index contributed by atoms with van der Waals surface area (Å²) < 4.78 is 0. The van der Waals surface area contributed by atoms with Crippen LogP contribution in [0.25, 0.3) is 0 Å². The highest BCUT2D eigenvalue weighted by Crippen LogP contribution is 2.04. The van der Waals surface area contributed by atoms with Crippen LogP contribution in [-0.2, 0) is 4.79 Å². The van der Waals surface area contributed by atoms with Crippen molar-refractivity contribution in [1.29, 1.82) is 0 Å². The minimum absolute atomic E-state index is 0.253. The van der Waals surface area contributed by atoms with Crippen molar-refractivity contribution in [2.24, 2.45) is 5.92 Å². The average molecular weight is 270 g/mol. The van der Waals surface area contributed by atoms with E-state index in [1.54, 1.807) is 0 Å². The van der Waals surface area contributed by atoms with Crippen LogP contribution < -0.4 is 16.0 Å². The van der Waals surface area contributed by atoms with Crippen molar-refractivity contribution in [3.05, 3.63) is 0 Å². The minimum atomic E-state index is -0.399. The number of hydrogen-bond acceptors (Lipinski definition) is 4. The van der Waals surface area contributed by atoms with Gasteiger partial charge >= 0.3 is 6.03 Å². The molecule has 6 heteroatoms. The van der Waals surface area contributed by atoms with Crippen LogP contribution in [0.1, 0.15) is 26.7 Å². The lowest BCUT2D eigenvalue weighted by Gasteiger charge is -2.22. The fourth-order valence-corrected chi connectivity index (χ4v) is 2.06. The van der Waals surface area contributed by atoms with Gasteiger partial charge in [-0.15, -0.1) is 0 Å². The molecule has 19 heavy (non-hydrogen) atoms. The van der Waals surface area contributed by atoms with Gasteiger partial charge in [0.05, 0.1) is 6.54 Å². The second-order valence-electron chi connectivity index (χ2n) is 5.55. The Morgan fingerprint density at radius 2 is 2.16 bits per heavy atom. The SMILES string of the molecule is CC(C)CCNC(=O)NC(=O)CN(C)C1CCNC1. The van der Waals surface area contributed by atoms with Crippen molar-refractivity contribution < 1.29 is 9.59 Å². The van der Waals surface area contributed by atoms with E-state index in [9.17, 15) is 9.59 Å². The van der Waals surface area contributed by atoms with Crippen LogP contribution in [0.4, 0.5) is 4.79 Å². The Balaban J connectivity index is 2.17. The molecule has 0 aliphatic carbocycles. The number of carbonyl (C=O) groups is 2. The van der Waals surface area contributed by atoms with Crippen LogP contribution in [-0.4, -0.2) is 56.1 Å². The number of hydrogen-bond donors (Lipinski definition) is 3. The molecule has 3 amide bonds. The molecular weight excluding hydrogens is 244 g/mol. The fraction of sp³-hybridized carbons (Fsp3) is 0.846. The molecule has 1 heterocycles. The Morgan fingerprint density at radius 3 is 2.74 bits per heavy atom. The molecule has 1 aliphatic heterocycles. The predicted octanol–water partition coefficient (Wildman–Crippen LogP) is 0.152. The lowest BCUT2D eigenvalue weighted by molar-refractivity contribution is -0.121. The summed E-state index contributed by atoms with van der Waals surface area (Å²) in [6, 6.07) is -0.0154. The molecule has 3 N–H and O–H groups in total. The van der Waals surface area contributed by atoms with Crippen LogP contribution in [0.2, 0.25) is 0 Å². The van der Waals surface area contributed by atoms with Crippen molar-refractivity contribution in [3.63, 3.8) is 0 Å². The Bertz CT molecular complexity index is 301. The quantitative estimate of drug-likeness (QED) is 0.642. The Kier molecular flexibility index (Phi) is 6.80. The number of imide groups is 1. The monoisotopic (exact) mass is 270 g/mol. The second-order valence-corrected chi connectivity index (χ2v) is 5.55. The van der Waals surface area contributed by atoms with Crippen molar-refractivity contribution >= 4 is 11.9 Å². The number of nitrogens with zero attached hydrogens (tertiary/aromatic N) is 1. The largest absolute Gasteiger partial charge is 0.338 e. The van der Waals surface area contributed by atoms with Crippen molar-refractivity contribution in [2.45, 2.75) is 32.7 Å². The van der Waals surface area contributed by atoms with Crippen LogP contribution in [0.3, 0.4) is 0 Å². The van der Waals surface area contributed by atoms with E-state index in [1.807, 2.05) is 11.9 Å². The molecule has 0 aromatic rings. The topological polar surface area (TPSA) is 73.5 Å². The van der Waals surface area contributed by atoms with Gasteiger partial charge in [0.1, 0.15) is 0 Å². The van der Waals surface area contributed by atoms with E-state index in [0.29, 0.717) is 18.5 Å². The van der Waals surface area contributed by atoms with Crippen LogP contribution in [0.5, 0.6) is 0 Å². The molecule has 1 rings (SSSR count). The first-order valence-corrected chi connectivity index (χ1v) is 6.97. The summed E-state index contributed by atoms with van der Waals surface area (Å²) in [5.41, 5.74) is 0. The zero-order chi connectivity index (χ0) is 14.3. The molecular formula is C13H26N4O2. The Morgan fingerprint density at radius 1 is 1.42 bits per heavy atom. The number of amides is 3. The van der Waals surface area contributed by atoms with E-state index in [4.69, 9.17) is 0 Å². The summed E-state index contributed by atoms with van der Waals surface area (Å²) in [5, 5.41) is 8.30. The van der Waals surface area contributed by atoms with Gasteiger partial charge in [0.15, 0.2) is 0 Å². The van der Waals surface area contributed by atoms with Crippen LogP contribution in [0, 0.1) is 5.92 Å². The van der Waals surface area contributed by atoms with E-state index in [0.717, 1.165) is 25.9 Å². The number of nitrogens with one attached hydrogen (secondary N) is 3. The summed E-state index contributed by atoms with van der Waals surface area (Å²) in [4.78, 5) is 25.1. The first kappa shape index (κ1) is 15.9. The molecule has 1 atom stereocenters. The molecule has 1 unspecified atom stereocenters. The van der Waals surface area contributed by atoms with Gasteiger partial charge < -0.3 is 10.6 Å². The molecule has 0 spiro atoms. The number of rotatable bonds is 6. The first-order valence-electron chi connectivity index (χ1n) is 6.97. The molecule has 110 valence electrons. The summed E-state index contributed by atoms with van der Waals surface area (Å²) in [6.07, 6.45) is 1.96. The third kappa shape index (κ3) is 6.54. The molecule has 6 nitrogen and oxygen atoms in total. The molecule has 0 bridgehead atoms. The van der Waals surface area contributed by atoms with E-state index in [2.05, 4.69) is 29.8 Å². The first-order chi connectivity index (χ1) is 8.99. The van der Waals surface area contributed by atoms with E-state index in [-0.39, 0.29) is 12.5 Å². The second kappa shape index (κ2) is 8.12. The van der Waals surface area contributed by atoms with Gasteiger partial charge in [-0.1, -0.05) is 13.8 Å². The minimum Gasteiger partial charge on any atom is -0.338 e. The highest BCUT2D eigenvalue weighted by atomic mass is 16.2. The highest BCUT2D eigenvalue weighted by Gasteiger charge is 2.21. The maximum Gasteiger partial charge on any atom is 0.321 e. The molecule has 0 aromatic carbocycles. The Labute approximate surface area is 115 Å². The number of likely N-dealkylation sites (N-methyl/N-ethyl adjacent to an activating group) is 1. The van der Waals surface area contributed by atoms with Gasteiger partial charge in [0, 0.05) is 19.1 Å². The van der Waals surface area contributed by atoms with Gasteiger partial charge in [-0.3, -0.25) is 15.0 Å². The molecule has 1 aliphatic rings. The van der Waals surface area contributed by atoms with Crippen molar-refractivity contribution in [3.8, 4) is 0 Å². The fourth-order valence-electron chi connectivity index (χ4n) is 2.06.